The summed E-state index contributed by atoms with van der Waals surface area (Å²) in [7, 11) is 0. The summed E-state index contributed by atoms with van der Waals surface area (Å²) in [4.78, 5) is 0. The first-order valence-corrected chi connectivity index (χ1v) is 5.39. The zero-order chi connectivity index (χ0) is 10.8. The average Bonchev–Trinajstić information content (AvgIpc) is 2.17. The molecule has 1 nitrogen and oxygen atoms in total. The molecule has 1 aliphatic rings. The molecule has 0 aliphatic heterocycles. The van der Waals surface area contributed by atoms with Crippen LogP contribution in [0.25, 0.3) is 0 Å². The molecule has 0 saturated heterocycles. The molecule has 0 radical (unpaired) electrons. The van der Waals surface area contributed by atoms with E-state index >= 15 is 0 Å². The van der Waals surface area contributed by atoms with Gasteiger partial charge in [-0.25, -0.2) is 0 Å². The van der Waals surface area contributed by atoms with Crippen LogP contribution in [0.5, 0.6) is 0 Å². The lowest BCUT2D eigenvalue weighted by atomic mass is 9.79. The van der Waals surface area contributed by atoms with E-state index in [1.165, 1.54) is 11.1 Å². The van der Waals surface area contributed by atoms with E-state index in [0.717, 1.165) is 5.69 Å². The van der Waals surface area contributed by atoms with E-state index in [2.05, 4.69) is 44.2 Å². The Morgan fingerprint density at radius 3 is 2.73 bits per heavy atom. The van der Waals surface area contributed by atoms with Crippen molar-refractivity contribution < 1.29 is 0 Å². The Morgan fingerprint density at radius 1 is 1.27 bits per heavy atom. The molecule has 0 amide bonds. The van der Waals surface area contributed by atoms with Crippen LogP contribution in [0.3, 0.4) is 0 Å². The van der Waals surface area contributed by atoms with Crippen LogP contribution in [0.4, 0.5) is 5.69 Å². The molecule has 2 unspecified atom stereocenters. The number of hydrogen-bond donors (Lipinski definition) is 1. The van der Waals surface area contributed by atoms with Gasteiger partial charge < -0.3 is 5.73 Å². The molecule has 0 heterocycles. The molecule has 78 valence electrons. The van der Waals surface area contributed by atoms with E-state index in [1.54, 1.807) is 0 Å². The summed E-state index contributed by atoms with van der Waals surface area (Å²) >= 11 is 0. The average molecular weight is 199 g/mol. The van der Waals surface area contributed by atoms with Crippen molar-refractivity contribution in [2.75, 3.05) is 5.73 Å². The Labute approximate surface area is 91.3 Å². The fourth-order valence-electron chi connectivity index (χ4n) is 2.33. The lowest BCUT2D eigenvalue weighted by Gasteiger charge is -2.25. The first-order chi connectivity index (χ1) is 7.18. The lowest BCUT2D eigenvalue weighted by Crippen LogP contribution is -2.11. The van der Waals surface area contributed by atoms with E-state index < -0.39 is 0 Å². The van der Waals surface area contributed by atoms with Gasteiger partial charge in [0.05, 0.1) is 0 Å². The van der Waals surface area contributed by atoms with Crippen molar-refractivity contribution in [3.63, 3.8) is 0 Å². The summed E-state index contributed by atoms with van der Waals surface area (Å²) in [6, 6.07) is 8.21. The van der Waals surface area contributed by atoms with Gasteiger partial charge in [-0.1, -0.05) is 42.9 Å². The molecule has 15 heavy (non-hydrogen) atoms. The maximum Gasteiger partial charge on any atom is 0.0316 e. The fourth-order valence-corrected chi connectivity index (χ4v) is 2.33. The van der Waals surface area contributed by atoms with Crippen LogP contribution in [0.2, 0.25) is 0 Å². The second-order valence-electron chi connectivity index (χ2n) is 4.30. The van der Waals surface area contributed by atoms with Crippen LogP contribution >= 0.6 is 0 Å². The minimum atomic E-state index is 0.485. The van der Waals surface area contributed by atoms with Crippen molar-refractivity contribution in [3.05, 3.63) is 53.6 Å². The summed E-state index contributed by atoms with van der Waals surface area (Å²) < 4.78 is 0. The van der Waals surface area contributed by atoms with Crippen molar-refractivity contribution in [3.8, 4) is 0 Å². The molecule has 0 spiro atoms. The summed E-state index contributed by atoms with van der Waals surface area (Å²) in [5.41, 5.74) is 9.40. The van der Waals surface area contributed by atoms with Crippen LogP contribution in [0.15, 0.2) is 48.1 Å². The normalized spacial score (nSPS) is 25.1. The Bertz CT molecular complexity index is 415. The van der Waals surface area contributed by atoms with Crippen LogP contribution < -0.4 is 5.73 Å². The monoisotopic (exact) mass is 199 g/mol. The topological polar surface area (TPSA) is 26.0 Å². The van der Waals surface area contributed by atoms with Gasteiger partial charge in [-0.2, -0.15) is 0 Å². The van der Waals surface area contributed by atoms with Crippen LogP contribution in [0.1, 0.15) is 25.3 Å². The SMILES string of the molecule is CC1=CC=CC(C)C1c1cccc(N)c1. The zero-order valence-electron chi connectivity index (χ0n) is 9.27. The van der Waals surface area contributed by atoms with Crippen molar-refractivity contribution >= 4 is 5.69 Å². The third-order valence-corrected chi connectivity index (χ3v) is 3.06. The molecule has 1 aromatic carbocycles. The lowest BCUT2D eigenvalue weighted by molar-refractivity contribution is 0.606. The highest BCUT2D eigenvalue weighted by atomic mass is 14.5. The summed E-state index contributed by atoms with van der Waals surface area (Å²) in [6.07, 6.45) is 6.58. The number of nitrogens with two attached hydrogens (primary N) is 1. The Hall–Kier alpha value is -1.50. The van der Waals surface area contributed by atoms with Crippen molar-refractivity contribution in [1.82, 2.24) is 0 Å². The molecule has 1 aliphatic carbocycles. The van der Waals surface area contributed by atoms with Gasteiger partial charge in [0.1, 0.15) is 0 Å². The Kier molecular flexibility index (Phi) is 2.63. The predicted molar refractivity (Wildman–Crippen MR) is 65.7 cm³/mol. The molecule has 2 rings (SSSR count). The highest BCUT2D eigenvalue weighted by Gasteiger charge is 2.20. The number of hydrogen-bond acceptors (Lipinski definition) is 1. The van der Waals surface area contributed by atoms with Crippen molar-refractivity contribution in [2.45, 2.75) is 19.8 Å². The maximum atomic E-state index is 5.82. The predicted octanol–water partition coefficient (Wildman–Crippen LogP) is 3.50. The van der Waals surface area contributed by atoms with Gasteiger partial charge in [-0.05, 0) is 30.5 Å². The number of allylic oxidation sites excluding steroid dienone is 4. The third kappa shape index (κ3) is 1.96. The van der Waals surface area contributed by atoms with Gasteiger partial charge in [0.25, 0.3) is 0 Å². The van der Waals surface area contributed by atoms with Crippen LogP contribution in [-0.2, 0) is 0 Å². The second kappa shape index (κ2) is 3.93. The molecule has 0 bridgehead atoms. The minimum Gasteiger partial charge on any atom is -0.399 e. The molecular formula is C14H17N. The first kappa shape index (κ1) is 10.0. The highest BCUT2D eigenvalue weighted by molar-refractivity contribution is 5.45. The fraction of sp³-hybridized carbons (Fsp3) is 0.286. The van der Waals surface area contributed by atoms with E-state index in [0.29, 0.717) is 11.8 Å². The smallest absolute Gasteiger partial charge is 0.0316 e. The quantitative estimate of drug-likeness (QED) is 0.688. The summed E-state index contributed by atoms with van der Waals surface area (Å²) in [6.45, 7) is 4.44. The van der Waals surface area contributed by atoms with Gasteiger partial charge in [-0.15, -0.1) is 0 Å². The maximum absolute atomic E-state index is 5.82. The van der Waals surface area contributed by atoms with E-state index in [1.807, 2.05) is 12.1 Å². The van der Waals surface area contributed by atoms with E-state index in [4.69, 9.17) is 5.73 Å². The standard InChI is InChI=1S/C14H17N/c1-10-5-3-6-11(2)14(10)12-7-4-8-13(15)9-12/h3-10,14H,15H2,1-2H3. The van der Waals surface area contributed by atoms with Crippen LogP contribution in [-0.4, -0.2) is 0 Å². The zero-order valence-corrected chi connectivity index (χ0v) is 9.27. The first-order valence-electron chi connectivity index (χ1n) is 5.39. The number of benzene rings is 1. The van der Waals surface area contributed by atoms with E-state index in [9.17, 15) is 0 Å². The molecule has 0 aromatic heterocycles. The molecule has 0 saturated carbocycles. The summed E-state index contributed by atoms with van der Waals surface area (Å²) in [5.74, 6) is 1.04. The molecule has 1 aromatic rings. The molecule has 2 atom stereocenters. The van der Waals surface area contributed by atoms with Gasteiger partial charge in [-0.3, -0.25) is 0 Å². The Balaban J connectivity index is 2.38. The molecule has 2 N–H and O–H groups in total. The largest absolute Gasteiger partial charge is 0.399 e. The molecule has 1 heteroatoms. The van der Waals surface area contributed by atoms with Gasteiger partial charge in [0, 0.05) is 11.6 Å². The molecule has 0 fully saturated rings. The minimum absolute atomic E-state index is 0.485. The number of anilines is 1. The number of rotatable bonds is 1. The van der Waals surface area contributed by atoms with Crippen LogP contribution in [0, 0.1) is 5.92 Å². The second-order valence-corrected chi connectivity index (χ2v) is 4.30. The highest BCUT2D eigenvalue weighted by Crippen LogP contribution is 2.35. The van der Waals surface area contributed by atoms with Crippen molar-refractivity contribution in [1.29, 1.82) is 0 Å². The van der Waals surface area contributed by atoms with Gasteiger partial charge in [0.2, 0.25) is 0 Å². The molecular weight excluding hydrogens is 182 g/mol. The van der Waals surface area contributed by atoms with E-state index in [-0.39, 0.29) is 0 Å². The number of nitrogen functional groups attached to an aromatic ring is 1. The third-order valence-electron chi connectivity index (χ3n) is 3.06. The van der Waals surface area contributed by atoms with Crippen molar-refractivity contribution in [2.24, 2.45) is 5.92 Å². The van der Waals surface area contributed by atoms with Gasteiger partial charge >= 0.3 is 0 Å². The van der Waals surface area contributed by atoms with Gasteiger partial charge in [0.15, 0.2) is 0 Å². The summed E-state index contributed by atoms with van der Waals surface area (Å²) in [5, 5.41) is 0. The Morgan fingerprint density at radius 2 is 2.07 bits per heavy atom.